The number of anilines is 1. The molecule has 1 amide bonds. The van der Waals surface area contributed by atoms with Gasteiger partial charge in [0, 0.05) is 32.4 Å². The number of piperazine rings is 1. The number of rotatable bonds is 6. The van der Waals surface area contributed by atoms with Crippen molar-refractivity contribution < 1.29 is 30.8 Å². The van der Waals surface area contributed by atoms with Crippen molar-refractivity contribution in [2.75, 3.05) is 37.3 Å². The van der Waals surface area contributed by atoms with Crippen molar-refractivity contribution >= 4 is 31.3 Å². The molecule has 0 atom stereocenters. The summed E-state index contributed by atoms with van der Waals surface area (Å²) < 4.78 is 69.8. The van der Waals surface area contributed by atoms with Gasteiger partial charge in [0.05, 0.1) is 26.3 Å². The Hall–Kier alpha value is -2.66. The average molecular weight is 539 g/mol. The van der Waals surface area contributed by atoms with E-state index in [0.717, 1.165) is 12.3 Å². The first-order valence-electron chi connectivity index (χ1n) is 11.8. The number of hydrogen-bond donors (Lipinski definition) is 0. The molecule has 0 N–H and O–H groups in total. The molecule has 196 valence electrons. The summed E-state index contributed by atoms with van der Waals surface area (Å²) in [6.45, 7) is 6.72. The summed E-state index contributed by atoms with van der Waals surface area (Å²) in [7, 11) is -7.02. The van der Waals surface area contributed by atoms with Crippen LogP contribution in [0.2, 0.25) is 0 Å². The highest BCUT2D eigenvalue weighted by atomic mass is 32.2. The molecule has 1 saturated carbocycles. The van der Waals surface area contributed by atoms with Gasteiger partial charge in [0.15, 0.2) is 19.7 Å². The lowest BCUT2D eigenvalue weighted by Gasteiger charge is -2.36. The third-order valence-electron chi connectivity index (χ3n) is 6.14. The molecular formula is C25H31FN2O6S2. The van der Waals surface area contributed by atoms with E-state index in [9.17, 15) is 26.0 Å². The molecule has 1 aliphatic carbocycles. The fourth-order valence-electron chi connectivity index (χ4n) is 4.14. The monoisotopic (exact) mass is 538 g/mol. The van der Waals surface area contributed by atoms with Crippen LogP contribution in [0.3, 0.4) is 0 Å². The third kappa shape index (κ3) is 5.67. The quantitative estimate of drug-likeness (QED) is 0.556. The maximum atomic E-state index is 14.9. The second-order valence-electron chi connectivity index (χ2n) is 10.3. The van der Waals surface area contributed by atoms with Crippen molar-refractivity contribution in [2.45, 2.75) is 54.3 Å². The fourth-order valence-corrected chi connectivity index (χ4v) is 6.45. The van der Waals surface area contributed by atoms with E-state index in [2.05, 4.69) is 0 Å². The Balaban J connectivity index is 1.52. The normalized spacial score (nSPS) is 17.2. The topological polar surface area (TPSA) is 101 Å². The largest absolute Gasteiger partial charge is 0.487 e. The first-order valence-corrected chi connectivity index (χ1v) is 15.2. The number of benzene rings is 2. The Labute approximate surface area is 211 Å². The number of sulfone groups is 2. The summed E-state index contributed by atoms with van der Waals surface area (Å²) in [5.74, 6) is -0.690. The zero-order chi connectivity index (χ0) is 26.5. The second kappa shape index (κ2) is 9.33. The molecule has 2 aliphatic rings. The molecule has 8 nitrogen and oxygen atoms in total. The lowest BCUT2D eigenvalue weighted by Crippen LogP contribution is -2.49. The summed E-state index contributed by atoms with van der Waals surface area (Å²) in [4.78, 5) is 16.8. The molecule has 0 spiro atoms. The van der Waals surface area contributed by atoms with Gasteiger partial charge < -0.3 is 14.5 Å². The van der Waals surface area contributed by atoms with Crippen LogP contribution in [0.5, 0.6) is 5.75 Å². The van der Waals surface area contributed by atoms with E-state index in [1.54, 1.807) is 9.80 Å². The number of nitrogens with zero attached hydrogens (tertiary/aromatic N) is 2. The molecule has 0 unspecified atom stereocenters. The van der Waals surface area contributed by atoms with Crippen LogP contribution in [-0.4, -0.2) is 70.9 Å². The van der Waals surface area contributed by atoms with Gasteiger partial charge in [0.25, 0.3) is 5.91 Å². The van der Waals surface area contributed by atoms with Crippen molar-refractivity contribution in [3.63, 3.8) is 0 Å². The minimum atomic E-state index is -3.53. The highest BCUT2D eigenvalue weighted by Gasteiger charge is 2.37. The molecular weight excluding hydrogens is 507 g/mol. The summed E-state index contributed by atoms with van der Waals surface area (Å²) in [5, 5.41) is -0.411. The summed E-state index contributed by atoms with van der Waals surface area (Å²) >= 11 is 0. The van der Waals surface area contributed by atoms with Crippen LogP contribution in [0.15, 0.2) is 46.2 Å². The van der Waals surface area contributed by atoms with Gasteiger partial charge in [-0.1, -0.05) is 0 Å². The Morgan fingerprint density at radius 2 is 1.56 bits per heavy atom. The Morgan fingerprint density at radius 1 is 0.944 bits per heavy atom. The molecule has 0 bridgehead atoms. The van der Waals surface area contributed by atoms with Crippen molar-refractivity contribution in [3.05, 3.63) is 47.8 Å². The maximum absolute atomic E-state index is 14.9. The molecule has 11 heteroatoms. The van der Waals surface area contributed by atoms with Crippen LogP contribution in [0, 0.1) is 5.82 Å². The van der Waals surface area contributed by atoms with E-state index < -0.39 is 36.3 Å². The van der Waals surface area contributed by atoms with Gasteiger partial charge in [0.1, 0.15) is 17.2 Å². The van der Waals surface area contributed by atoms with Crippen LogP contribution in [0.25, 0.3) is 0 Å². The maximum Gasteiger partial charge on any atom is 0.257 e. The Kier molecular flexibility index (Phi) is 6.85. The summed E-state index contributed by atoms with van der Waals surface area (Å²) in [6, 6.07) is 8.25. The molecule has 36 heavy (non-hydrogen) atoms. The molecule has 4 rings (SSSR count). The molecule has 2 fully saturated rings. The highest BCUT2D eigenvalue weighted by molar-refractivity contribution is 7.92. The first kappa shape index (κ1) is 26.4. The molecule has 1 heterocycles. The van der Waals surface area contributed by atoms with E-state index in [4.69, 9.17) is 4.74 Å². The van der Waals surface area contributed by atoms with Crippen molar-refractivity contribution in [2.24, 2.45) is 0 Å². The number of halogens is 1. The average Bonchev–Trinajstić information content (AvgIpc) is 3.63. The third-order valence-corrected chi connectivity index (χ3v) is 9.51. The van der Waals surface area contributed by atoms with Gasteiger partial charge in [-0.25, -0.2) is 21.2 Å². The van der Waals surface area contributed by atoms with E-state index in [1.807, 2.05) is 20.8 Å². The fraction of sp³-hybridized carbons (Fsp3) is 0.480. The zero-order valence-corrected chi connectivity index (χ0v) is 22.5. The lowest BCUT2D eigenvalue weighted by atomic mass is 10.1. The van der Waals surface area contributed by atoms with Crippen LogP contribution in [0.1, 0.15) is 44.0 Å². The predicted octanol–water partition coefficient (Wildman–Crippen LogP) is 3.31. The SMILES string of the molecule is CC(C)(C)Oc1ccc(S(C)(=O)=O)cc1C(=O)N1CCN(c2ccc(S(=O)(=O)C3CC3)cc2F)CC1. The second-order valence-corrected chi connectivity index (χ2v) is 14.5. The van der Waals surface area contributed by atoms with Gasteiger partial charge in [0.2, 0.25) is 0 Å². The standard InChI is InChI=1S/C25H31FN2O6S2/c1-25(2,3)34-23-10-8-18(35(4,30)31)15-20(23)24(29)28-13-11-27(12-14-28)22-9-7-19(16-21(22)26)36(32,33)17-5-6-17/h7-10,15-17H,5-6,11-14H2,1-4H3. The van der Waals surface area contributed by atoms with Gasteiger partial charge in [-0.3, -0.25) is 4.79 Å². The van der Waals surface area contributed by atoms with Gasteiger partial charge in [-0.2, -0.15) is 0 Å². The van der Waals surface area contributed by atoms with Crippen LogP contribution < -0.4 is 9.64 Å². The Bertz CT molecular complexity index is 1390. The van der Waals surface area contributed by atoms with Crippen molar-refractivity contribution in [1.29, 1.82) is 0 Å². The molecule has 2 aromatic carbocycles. The lowest BCUT2D eigenvalue weighted by molar-refractivity contribution is 0.0730. The molecule has 1 aliphatic heterocycles. The predicted molar refractivity (Wildman–Crippen MR) is 135 cm³/mol. The first-order chi connectivity index (χ1) is 16.7. The van der Waals surface area contributed by atoms with Crippen LogP contribution in [-0.2, 0) is 19.7 Å². The zero-order valence-electron chi connectivity index (χ0n) is 20.8. The van der Waals surface area contributed by atoms with E-state index in [-0.39, 0.29) is 40.0 Å². The molecule has 1 saturated heterocycles. The molecule has 0 radical (unpaired) electrons. The van der Waals surface area contributed by atoms with Crippen molar-refractivity contribution in [3.8, 4) is 5.75 Å². The molecule has 0 aromatic heterocycles. The summed E-state index contributed by atoms with van der Waals surface area (Å²) in [6.07, 6.45) is 2.30. The summed E-state index contributed by atoms with van der Waals surface area (Å²) in [5.41, 5.74) is -0.161. The van der Waals surface area contributed by atoms with E-state index >= 15 is 0 Å². The number of carbonyl (C=O) groups is 1. The number of ether oxygens (including phenoxy) is 1. The van der Waals surface area contributed by atoms with Gasteiger partial charge in [-0.15, -0.1) is 0 Å². The van der Waals surface area contributed by atoms with Gasteiger partial charge in [-0.05, 0) is 70.0 Å². The minimum Gasteiger partial charge on any atom is -0.487 e. The highest BCUT2D eigenvalue weighted by Crippen LogP contribution is 2.35. The van der Waals surface area contributed by atoms with Crippen molar-refractivity contribution in [1.82, 2.24) is 4.90 Å². The van der Waals surface area contributed by atoms with Crippen LogP contribution in [0.4, 0.5) is 10.1 Å². The number of amides is 1. The minimum absolute atomic E-state index is 0.00259. The molecule has 2 aromatic rings. The van der Waals surface area contributed by atoms with E-state index in [0.29, 0.717) is 31.7 Å². The number of carbonyl (C=O) groups excluding carboxylic acids is 1. The Morgan fingerprint density at radius 3 is 2.08 bits per heavy atom. The number of hydrogen-bond acceptors (Lipinski definition) is 7. The van der Waals surface area contributed by atoms with E-state index in [1.165, 1.54) is 30.3 Å². The van der Waals surface area contributed by atoms with Crippen LogP contribution >= 0.6 is 0 Å². The van der Waals surface area contributed by atoms with Gasteiger partial charge >= 0.3 is 0 Å². The smallest absolute Gasteiger partial charge is 0.257 e.